The quantitative estimate of drug-likeness (QED) is 0.400. The van der Waals surface area contributed by atoms with Gasteiger partial charge in [0.15, 0.2) is 5.13 Å². The summed E-state index contributed by atoms with van der Waals surface area (Å²) in [4.78, 5) is 7.17. The van der Waals surface area contributed by atoms with Crippen LogP contribution in [0.15, 0.2) is 42.5 Å². The van der Waals surface area contributed by atoms with E-state index in [1.807, 2.05) is 13.8 Å². The molecule has 0 aliphatic heterocycles. The number of ether oxygens (including phenoxy) is 1. The van der Waals surface area contributed by atoms with E-state index in [9.17, 15) is 13.2 Å². The predicted molar refractivity (Wildman–Crippen MR) is 113 cm³/mol. The van der Waals surface area contributed by atoms with E-state index in [4.69, 9.17) is 16.3 Å². The number of methoxy groups -OCH3 is 1. The molecule has 2 aromatic carbocycles. The van der Waals surface area contributed by atoms with Crippen molar-refractivity contribution in [2.24, 2.45) is 0 Å². The SMILES string of the molecule is CCCN(c1nc(-c2ccc(OC)cc2Cl)c(C)s1)c1ccccc1C(F)(F)F. The van der Waals surface area contributed by atoms with Gasteiger partial charge < -0.3 is 9.64 Å². The van der Waals surface area contributed by atoms with Gasteiger partial charge in [0.05, 0.1) is 29.1 Å². The highest BCUT2D eigenvalue weighted by Gasteiger charge is 2.35. The predicted octanol–water partition coefficient (Wildman–Crippen LogP) is 7.35. The maximum absolute atomic E-state index is 13.6. The lowest BCUT2D eigenvalue weighted by Gasteiger charge is -2.25. The summed E-state index contributed by atoms with van der Waals surface area (Å²) in [6, 6.07) is 10.9. The van der Waals surface area contributed by atoms with E-state index in [0.29, 0.717) is 40.1 Å². The van der Waals surface area contributed by atoms with Gasteiger partial charge in [-0.15, -0.1) is 11.3 Å². The van der Waals surface area contributed by atoms with E-state index < -0.39 is 11.7 Å². The largest absolute Gasteiger partial charge is 0.497 e. The first-order valence-corrected chi connectivity index (χ1v) is 10.2. The number of halogens is 4. The minimum Gasteiger partial charge on any atom is -0.497 e. The number of aryl methyl sites for hydroxylation is 1. The van der Waals surface area contributed by atoms with Gasteiger partial charge in [0.25, 0.3) is 0 Å². The van der Waals surface area contributed by atoms with Crippen LogP contribution in [0.1, 0.15) is 23.8 Å². The third-order valence-corrected chi connectivity index (χ3v) is 5.70. The maximum Gasteiger partial charge on any atom is 0.418 e. The van der Waals surface area contributed by atoms with Crippen LogP contribution < -0.4 is 9.64 Å². The lowest BCUT2D eigenvalue weighted by Crippen LogP contribution is -2.21. The fourth-order valence-electron chi connectivity index (χ4n) is 3.05. The third kappa shape index (κ3) is 4.51. The molecule has 0 fully saturated rings. The Hall–Kier alpha value is -2.25. The molecule has 0 spiro atoms. The minimum atomic E-state index is -4.45. The van der Waals surface area contributed by atoms with Crippen LogP contribution in [0, 0.1) is 6.92 Å². The first-order valence-electron chi connectivity index (χ1n) is 9.01. The van der Waals surface area contributed by atoms with Crippen molar-refractivity contribution in [2.45, 2.75) is 26.4 Å². The molecular formula is C21H20ClF3N2OS. The van der Waals surface area contributed by atoms with Gasteiger partial charge in [-0.1, -0.05) is 30.7 Å². The van der Waals surface area contributed by atoms with E-state index in [2.05, 4.69) is 4.98 Å². The second kappa shape index (κ2) is 8.63. The van der Waals surface area contributed by atoms with E-state index in [-0.39, 0.29) is 5.69 Å². The van der Waals surface area contributed by atoms with E-state index in [0.717, 1.165) is 10.9 Å². The Morgan fingerprint density at radius 3 is 2.52 bits per heavy atom. The van der Waals surface area contributed by atoms with Crippen molar-refractivity contribution in [3.8, 4) is 17.0 Å². The molecule has 0 atom stereocenters. The first-order chi connectivity index (χ1) is 13.8. The van der Waals surface area contributed by atoms with Gasteiger partial charge in [-0.2, -0.15) is 13.2 Å². The van der Waals surface area contributed by atoms with Crippen LogP contribution in [0.3, 0.4) is 0 Å². The zero-order valence-electron chi connectivity index (χ0n) is 16.2. The van der Waals surface area contributed by atoms with E-state index in [1.165, 1.54) is 23.5 Å². The van der Waals surface area contributed by atoms with Gasteiger partial charge in [0, 0.05) is 17.0 Å². The number of benzene rings is 2. The third-order valence-electron chi connectivity index (χ3n) is 4.40. The number of aromatic nitrogens is 1. The molecule has 1 aromatic heterocycles. The highest BCUT2D eigenvalue weighted by Crippen LogP contribution is 2.43. The van der Waals surface area contributed by atoms with Gasteiger partial charge in [0.1, 0.15) is 5.75 Å². The van der Waals surface area contributed by atoms with Crippen molar-refractivity contribution in [3.05, 3.63) is 57.9 Å². The second-order valence-electron chi connectivity index (χ2n) is 6.41. The molecule has 3 rings (SSSR count). The molecular weight excluding hydrogens is 421 g/mol. The molecule has 0 saturated heterocycles. The normalized spacial score (nSPS) is 11.6. The van der Waals surface area contributed by atoms with Crippen LogP contribution in [0.5, 0.6) is 5.75 Å². The summed E-state index contributed by atoms with van der Waals surface area (Å²) in [6.45, 7) is 4.22. The fraction of sp³-hybridized carbons (Fsp3) is 0.286. The topological polar surface area (TPSA) is 25.4 Å². The van der Waals surface area contributed by atoms with Crippen molar-refractivity contribution in [2.75, 3.05) is 18.6 Å². The molecule has 0 N–H and O–H groups in total. The molecule has 0 radical (unpaired) electrons. The molecule has 0 unspecified atom stereocenters. The Bertz CT molecular complexity index is 1000. The molecule has 3 aromatic rings. The van der Waals surface area contributed by atoms with Crippen molar-refractivity contribution >= 4 is 33.8 Å². The summed E-state index contributed by atoms with van der Waals surface area (Å²) < 4.78 is 45.9. The Labute approximate surface area is 176 Å². The van der Waals surface area contributed by atoms with Crippen LogP contribution >= 0.6 is 22.9 Å². The molecule has 1 heterocycles. The minimum absolute atomic E-state index is 0.1000. The summed E-state index contributed by atoms with van der Waals surface area (Å²) in [6.07, 6.45) is -3.78. The molecule has 3 nitrogen and oxygen atoms in total. The number of hydrogen-bond acceptors (Lipinski definition) is 4. The van der Waals surface area contributed by atoms with Crippen molar-refractivity contribution in [3.63, 3.8) is 0 Å². The molecule has 0 aliphatic rings. The molecule has 29 heavy (non-hydrogen) atoms. The summed E-state index contributed by atoms with van der Waals surface area (Å²) in [7, 11) is 1.55. The fourth-order valence-corrected chi connectivity index (χ4v) is 4.28. The summed E-state index contributed by atoms with van der Waals surface area (Å²) >= 11 is 7.74. The highest BCUT2D eigenvalue weighted by atomic mass is 35.5. The van der Waals surface area contributed by atoms with Crippen molar-refractivity contribution in [1.29, 1.82) is 0 Å². The van der Waals surface area contributed by atoms with Crippen LogP contribution in [0.2, 0.25) is 5.02 Å². The van der Waals surface area contributed by atoms with E-state index in [1.54, 1.807) is 36.3 Å². The maximum atomic E-state index is 13.6. The number of rotatable bonds is 6. The molecule has 0 saturated carbocycles. The molecule has 8 heteroatoms. The lowest BCUT2D eigenvalue weighted by atomic mass is 10.1. The van der Waals surface area contributed by atoms with Crippen LogP contribution in [-0.2, 0) is 6.18 Å². The number of nitrogens with zero attached hydrogens (tertiary/aromatic N) is 2. The summed E-state index contributed by atoms with van der Waals surface area (Å²) in [5.41, 5.74) is 0.796. The van der Waals surface area contributed by atoms with E-state index >= 15 is 0 Å². The van der Waals surface area contributed by atoms with Crippen LogP contribution in [-0.4, -0.2) is 18.6 Å². The Kier molecular flexibility index (Phi) is 6.39. The second-order valence-corrected chi connectivity index (χ2v) is 8.00. The Morgan fingerprint density at radius 2 is 1.90 bits per heavy atom. The standard InChI is InChI=1S/C21H20ClF3N2OS/c1-4-11-27(18-8-6-5-7-16(18)21(23,24)25)20-26-19(13(2)29-20)15-10-9-14(28-3)12-17(15)22/h5-10,12H,4,11H2,1-3H3. The number of alkyl halides is 3. The zero-order chi connectivity index (χ0) is 21.2. The Morgan fingerprint density at radius 1 is 1.17 bits per heavy atom. The number of thiazole rings is 1. The summed E-state index contributed by atoms with van der Waals surface area (Å²) in [5.74, 6) is 0.624. The van der Waals surface area contributed by atoms with Gasteiger partial charge in [0.2, 0.25) is 0 Å². The molecule has 0 amide bonds. The van der Waals surface area contributed by atoms with Gasteiger partial charge >= 0.3 is 6.18 Å². The van der Waals surface area contributed by atoms with Crippen molar-refractivity contribution in [1.82, 2.24) is 4.98 Å². The number of hydrogen-bond donors (Lipinski definition) is 0. The zero-order valence-corrected chi connectivity index (χ0v) is 17.8. The average Bonchev–Trinajstić information content (AvgIpc) is 3.06. The smallest absolute Gasteiger partial charge is 0.418 e. The highest BCUT2D eigenvalue weighted by molar-refractivity contribution is 7.16. The van der Waals surface area contributed by atoms with Gasteiger partial charge in [-0.05, 0) is 43.7 Å². The molecule has 0 aliphatic carbocycles. The Balaban J connectivity index is 2.09. The average molecular weight is 441 g/mol. The van der Waals surface area contributed by atoms with Crippen LogP contribution in [0.25, 0.3) is 11.3 Å². The number of para-hydroxylation sites is 1. The first kappa shape index (κ1) is 21.5. The molecule has 0 bridgehead atoms. The van der Waals surface area contributed by atoms with Gasteiger partial charge in [-0.25, -0.2) is 4.98 Å². The van der Waals surface area contributed by atoms with Crippen LogP contribution in [0.4, 0.5) is 24.0 Å². The molecule has 154 valence electrons. The summed E-state index contributed by atoms with van der Waals surface area (Å²) in [5, 5.41) is 0.977. The number of anilines is 2. The lowest BCUT2D eigenvalue weighted by molar-refractivity contribution is -0.137. The van der Waals surface area contributed by atoms with Gasteiger partial charge in [-0.3, -0.25) is 0 Å². The van der Waals surface area contributed by atoms with Crippen molar-refractivity contribution < 1.29 is 17.9 Å². The monoisotopic (exact) mass is 440 g/mol.